The van der Waals surface area contributed by atoms with Crippen LogP contribution in [0.2, 0.25) is 0 Å². The molecule has 0 aliphatic carbocycles. The van der Waals surface area contributed by atoms with Crippen molar-refractivity contribution in [1.82, 2.24) is 15.1 Å². The highest BCUT2D eigenvalue weighted by Crippen LogP contribution is 2.12. The first-order valence-corrected chi connectivity index (χ1v) is 4.57. The molecule has 0 saturated heterocycles. The summed E-state index contributed by atoms with van der Waals surface area (Å²) in [7, 11) is 1.89. The first-order valence-electron chi connectivity index (χ1n) is 4.57. The molecule has 0 saturated carbocycles. The largest absolute Gasteiger partial charge is 0.318 e. The summed E-state index contributed by atoms with van der Waals surface area (Å²) in [6.07, 6.45) is 1.92. The van der Waals surface area contributed by atoms with E-state index in [1.807, 2.05) is 17.9 Å². The molecule has 1 aromatic heterocycles. The predicted octanol–water partition coefficient (Wildman–Crippen LogP) is 1.39. The topological polar surface area (TPSA) is 29.9 Å². The fourth-order valence-corrected chi connectivity index (χ4v) is 1.38. The van der Waals surface area contributed by atoms with Gasteiger partial charge in [0.05, 0.1) is 12.1 Å². The maximum Gasteiger partial charge on any atom is 0.125 e. The molecule has 0 bridgehead atoms. The molecule has 1 aromatic carbocycles. The summed E-state index contributed by atoms with van der Waals surface area (Å²) in [5.41, 5.74) is 0.709. The quantitative estimate of drug-likeness (QED) is 0.798. The Morgan fingerprint density at radius 2 is 2.36 bits per heavy atom. The fraction of sp³-hybridized carbons (Fsp3) is 0.300. The molecule has 2 aromatic rings. The van der Waals surface area contributed by atoms with E-state index in [1.165, 1.54) is 12.1 Å². The number of fused-ring (bicyclic) bond motifs is 1. The lowest BCUT2D eigenvalue weighted by atomic mass is 10.2. The summed E-state index contributed by atoms with van der Waals surface area (Å²) in [4.78, 5) is 0. The maximum atomic E-state index is 12.8. The average Bonchev–Trinajstić information content (AvgIpc) is 2.56. The molecule has 0 spiro atoms. The molecule has 0 aliphatic rings. The number of nitrogens with zero attached hydrogens (tertiary/aromatic N) is 2. The van der Waals surface area contributed by atoms with Crippen LogP contribution in [0.25, 0.3) is 10.9 Å². The van der Waals surface area contributed by atoms with E-state index < -0.39 is 0 Å². The Balaban J connectivity index is 2.32. The van der Waals surface area contributed by atoms with Crippen molar-refractivity contribution >= 4 is 10.9 Å². The molecule has 0 fully saturated rings. The summed E-state index contributed by atoms with van der Waals surface area (Å²) in [6, 6.07) is 4.64. The number of aromatic nitrogens is 2. The second-order valence-electron chi connectivity index (χ2n) is 3.20. The maximum absolute atomic E-state index is 12.8. The number of likely N-dealkylation sites (N-methyl/N-ethyl adjacent to an activating group) is 1. The van der Waals surface area contributed by atoms with E-state index in [9.17, 15) is 4.39 Å². The van der Waals surface area contributed by atoms with E-state index in [4.69, 9.17) is 0 Å². The lowest BCUT2D eigenvalue weighted by Gasteiger charge is -1.97. The van der Waals surface area contributed by atoms with Crippen LogP contribution in [-0.2, 0) is 6.54 Å². The number of hydrogen-bond acceptors (Lipinski definition) is 2. The molecule has 0 unspecified atom stereocenters. The minimum absolute atomic E-state index is 0.239. The van der Waals surface area contributed by atoms with E-state index in [0.29, 0.717) is 5.52 Å². The third-order valence-corrected chi connectivity index (χ3v) is 2.11. The Kier molecular flexibility index (Phi) is 2.45. The summed E-state index contributed by atoms with van der Waals surface area (Å²) < 4.78 is 14.7. The molecular formula is C10H12FN3. The van der Waals surface area contributed by atoms with Gasteiger partial charge in [0.25, 0.3) is 0 Å². The average molecular weight is 193 g/mol. The van der Waals surface area contributed by atoms with Crippen molar-refractivity contribution in [3.8, 4) is 0 Å². The zero-order valence-electron chi connectivity index (χ0n) is 8.00. The first-order chi connectivity index (χ1) is 6.79. The van der Waals surface area contributed by atoms with E-state index in [0.717, 1.165) is 18.5 Å². The normalized spacial score (nSPS) is 11.0. The van der Waals surface area contributed by atoms with Gasteiger partial charge in [-0.25, -0.2) is 4.39 Å². The van der Waals surface area contributed by atoms with E-state index in [2.05, 4.69) is 10.4 Å². The van der Waals surface area contributed by atoms with Crippen LogP contribution in [0.3, 0.4) is 0 Å². The van der Waals surface area contributed by atoms with Gasteiger partial charge in [0.1, 0.15) is 5.82 Å². The fourth-order valence-electron chi connectivity index (χ4n) is 1.38. The van der Waals surface area contributed by atoms with Crippen LogP contribution in [0.1, 0.15) is 0 Å². The van der Waals surface area contributed by atoms with Crippen molar-refractivity contribution in [3.63, 3.8) is 0 Å². The Morgan fingerprint density at radius 1 is 1.50 bits per heavy atom. The highest BCUT2D eigenvalue weighted by Gasteiger charge is 2.00. The smallest absolute Gasteiger partial charge is 0.125 e. The Morgan fingerprint density at radius 3 is 3.14 bits per heavy atom. The minimum atomic E-state index is -0.239. The highest BCUT2D eigenvalue weighted by atomic mass is 19.1. The number of nitrogens with one attached hydrogen (secondary N) is 1. The summed E-state index contributed by atoms with van der Waals surface area (Å²) in [5, 5.41) is 8.26. The third kappa shape index (κ3) is 1.75. The third-order valence-electron chi connectivity index (χ3n) is 2.11. The molecule has 0 amide bonds. The molecule has 1 heterocycles. The predicted molar refractivity (Wildman–Crippen MR) is 53.6 cm³/mol. The molecule has 0 aliphatic heterocycles. The van der Waals surface area contributed by atoms with Gasteiger partial charge in [-0.2, -0.15) is 5.10 Å². The molecule has 0 atom stereocenters. The van der Waals surface area contributed by atoms with Crippen molar-refractivity contribution in [2.24, 2.45) is 0 Å². The van der Waals surface area contributed by atoms with Crippen LogP contribution < -0.4 is 5.32 Å². The second-order valence-corrected chi connectivity index (χ2v) is 3.20. The number of halogens is 1. The van der Waals surface area contributed by atoms with E-state index >= 15 is 0 Å². The molecule has 1 N–H and O–H groups in total. The van der Waals surface area contributed by atoms with Crippen molar-refractivity contribution < 1.29 is 4.39 Å². The lowest BCUT2D eigenvalue weighted by Crippen LogP contribution is -2.14. The number of hydrogen-bond donors (Lipinski definition) is 1. The Labute approximate surface area is 81.5 Å². The van der Waals surface area contributed by atoms with Gasteiger partial charge in [0.15, 0.2) is 0 Å². The van der Waals surface area contributed by atoms with Crippen molar-refractivity contribution in [1.29, 1.82) is 0 Å². The van der Waals surface area contributed by atoms with Gasteiger partial charge in [-0.05, 0) is 19.2 Å². The van der Waals surface area contributed by atoms with Crippen LogP contribution in [-0.4, -0.2) is 23.4 Å². The van der Waals surface area contributed by atoms with Gasteiger partial charge in [-0.3, -0.25) is 4.68 Å². The van der Waals surface area contributed by atoms with Gasteiger partial charge < -0.3 is 5.32 Å². The Bertz CT molecular complexity index is 436. The molecule has 4 heteroatoms. The van der Waals surface area contributed by atoms with Crippen LogP contribution in [0.5, 0.6) is 0 Å². The van der Waals surface area contributed by atoms with Crippen molar-refractivity contribution in [3.05, 3.63) is 30.2 Å². The molecule has 74 valence electrons. The van der Waals surface area contributed by atoms with Gasteiger partial charge >= 0.3 is 0 Å². The zero-order valence-corrected chi connectivity index (χ0v) is 8.00. The van der Waals surface area contributed by atoms with E-state index in [1.54, 1.807) is 6.07 Å². The minimum Gasteiger partial charge on any atom is -0.318 e. The number of benzene rings is 1. The lowest BCUT2D eigenvalue weighted by molar-refractivity contribution is 0.589. The zero-order chi connectivity index (χ0) is 9.97. The summed E-state index contributed by atoms with van der Waals surface area (Å²) >= 11 is 0. The highest BCUT2D eigenvalue weighted by molar-refractivity contribution is 5.77. The molecular weight excluding hydrogens is 181 g/mol. The monoisotopic (exact) mass is 193 g/mol. The van der Waals surface area contributed by atoms with Crippen LogP contribution in [0.4, 0.5) is 4.39 Å². The molecule has 0 radical (unpaired) electrons. The summed E-state index contributed by atoms with van der Waals surface area (Å²) in [5.74, 6) is -0.239. The first kappa shape index (κ1) is 9.15. The second kappa shape index (κ2) is 3.75. The van der Waals surface area contributed by atoms with Crippen LogP contribution >= 0.6 is 0 Å². The standard InChI is InChI=1S/C10H12FN3/c1-12-4-5-14-7-8-2-3-9(11)6-10(8)13-14/h2-3,6-7,12H,4-5H2,1H3. The van der Waals surface area contributed by atoms with Gasteiger partial charge in [0, 0.05) is 24.2 Å². The van der Waals surface area contributed by atoms with Crippen LogP contribution in [0.15, 0.2) is 24.4 Å². The van der Waals surface area contributed by atoms with Crippen molar-refractivity contribution in [2.45, 2.75) is 6.54 Å². The summed E-state index contributed by atoms with van der Waals surface area (Å²) in [6.45, 7) is 1.66. The van der Waals surface area contributed by atoms with E-state index in [-0.39, 0.29) is 5.82 Å². The Hall–Kier alpha value is -1.42. The molecule has 3 nitrogen and oxygen atoms in total. The van der Waals surface area contributed by atoms with Crippen molar-refractivity contribution in [2.75, 3.05) is 13.6 Å². The van der Waals surface area contributed by atoms with Gasteiger partial charge in [0.2, 0.25) is 0 Å². The van der Waals surface area contributed by atoms with Crippen LogP contribution in [0, 0.1) is 5.82 Å². The van der Waals surface area contributed by atoms with Gasteiger partial charge in [-0.15, -0.1) is 0 Å². The van der Waals surface area contributed by atoms with Gasteiger partial charge in [-0.1, -0.05) is 0 Å². The molecule has 14 heavy (non-hydrogen) atoms. The number of rotatable bonds is 3. The molecule has 2 rings (SSSR count). The SMILES string of the molecule is CNCCn1cc2ccc(F)cc2n1.